The lowest BCUT2D eigenvalue weighted by Gasteiger charge is -2.09. The van der Waals surface area contributed by atoms with Crippen molar-refractivity contribution in [2.24, 2.45) is 0 Å². The zero-order valence-electron chi connectivity index (χ0n) is 8.72. The number of unbranched alkanes of at least 4 members (excludes halogenated alkanes) is 1. The van der Waals surface area contributed by atoms with E-state index in [2.05, 4.69) is 11.2 Å². The van der Waals surface area contributed by atoms with Gasteiger partial charge in [0.15, 0.2) is 11.6 Å². The topological polar surface area (TPSA) is 21.3 Å². The third kappa shape index (κ3) is 3.17. The van der Waals surface area contributed by atoms with Crippen LogP contribution in [-0.4, -0.2) is 13.7 Å². The number of ether oxygens (including phenoxy) is 1. The summed E-state index contributed by atoms with van der Waals surface area (Å²) in [6.07, 6.45) is 6.48. The molecule has 1 rings (SSSR count). The van der Waals surface area contributed by atoms with Crippen LogP contribution in [0.4, 0.5) is 10.1 Å². The van der Waals surface area contributed by atoms with Gasteiger partial charge in [0.05, 0.1) is 12.3 Å². The Morgan fingerprint density at radius 3 is 3.00 bits per heavy atom. The van der Waals surface area contributed by atoms with Crippen LogP contribution in [0.1, 0.15) is 12.8 Å². The minimum Gasteiger partial charge on any atom is -0.490 e. The second-order valence-corrected chi connectivity index (χ2v) is 3.02. The van der Waals surface area contributed by atoms with Gasteiger partial charge in [0.25, 0.3) is 0 Å². The normalized spacial score (nSPS) is 9.40. The van der Waals surface area contributed by atoms with Crippen LogP contribution in [0.3, 0.4) is 0 Å². The smallest absolute Gasteiger partial charge is 0.188 e. The molecule has 2 nitrogen and oxygen atoms in total. The Labute approximate surface area is 89.4 Å². The van der Waals surface area contributed by atoms with Crippen LogP contribution in [0.5, 0.6) is 5.75 Å². The lowest BCUT2D eigenvalue weighted by atomic mass is 10.3. The average molecular weight is 207 g/mol. The van der Waals surface area contributed by atoms with Crippen LogP contribution in [0.2, 0.25) is 0 Å². The van der Waals surface area contributed by atoms with Crippen LogP contribution >= 0.6 is 0 Å². The van der Waals surface area contributed by atoms with Crippen molar-refractivity contribution in [3.63, 3.8) is 0 Å². The molecular formula is C12H14FNO. The molecule has 15 heavy (non-hydrogen) atoms. The first-order valence-electron chi connectivity index (χ1n) is 4.82. The summed E-state index contributed by atoms with van der Waals surface area (Å²) in [4.78, 5) is 0. The van der Waals surface area contributed by atoms with E-state index >= 15 is 0 Å². The Morgan fingerprint density at radius 1 is 1.53 bits per heavy atom. The number of nitrogens with one attached hydrogen (secondary N) is 1. The maximum Gasteiger partial charge on any atom is 0.188 e. The molecule has 0 aromatic heterocycles. The summed E-state index contributed by atoms with van der Waals surface area (Å²) in [6, 6.07) is 5.00. The Hall–Kier alpha value is -1.69. The summed E-state index contributed by atoms with van der Waals surface area (Å²) in [5, 5.41) is 2.75. The van der Waals surface area contributed by atoms with Gasteiger partial charge in [-0.3, -0.25) is 0 Å². The third-order valence-corrected chi connectivity index (χ3v) is 1.96. The number of anilines is 1. The maximum absolute atomic E-state index is 13.6. The summed E-state index contributed by atoms with van der Waals surface area (Å²) in [5.41, 5.74) is 0.435. The summed E-state index contributed by atoms with van der Waals surface area (Å²) < 4.78 is 18.8. The molecule has 0 fully saturated rings. The van der Waals surface area contributed by atoms with E-state index in [9.17, 15) is 4.39 Å². The van der Waals surface area contributed by atoms with Crippen molar-refractivity contribution in [2.45, 2.75) is 12.8 Å². The molecule has 0 aliphatic rings. The first-order valence-corrected chi connectivity index (χ1v) is 4.82. The largest absolute Gasteiger partial charge is 0.490 e. The van der Waals surface area contributed by atoms with Gasteiger partial charge in [-0.05, 0) is 18.6 Å². The molecule has 0 bridgehead atoms. The lowest BCUT2D eigenvalue weighted by molar-refractivity contribution is 0.298. The molecule has 0 aliphatic carbocycles. The SMILES string of the molecule is C#CCCCOc1cccc(NC)c1F. The van der Waals surface area contributed by atoms with Crippen molar-refractivity contribution in [3.8, 4) is 18.1 Å². The average Bonchev–Trinajstić information content (AvgIpc) is 2.26. The van der Waals surface area contributed by atoms with Crippen LogP contribution in [0.25, 0.3) is 0 Å². The minimum absolute atomic E-state index is 0.263. The van der Waals surface area contributed by atoms with Gasteiger partial charge in [-0.25, -0.2) is 4.39 Å². The third-order valence-electron chi connectivity index (χ3n) is 1.96. The predicted molar refractivity (Wildman–Crippen MR) is 59.5 cm³/mol. The summed E-state index contributed by atoms with van der Waals surface area (Å²) in [6.45, 7) is 0.439. The molecule has 3 heteroatoms. The zero-order valence-corrected chi connectivity index (χ0v) is 8.72. The molecule has 1 aromatic carbocycles. The van der Waals surface area contributed by atoms with Crippen LogP contribution in [0, 0.1) is 18.2 Å². The zero-order chi connectivity index (χ0) is 11.1. The molecule has 0 heterocycles. The van der Waals surface area contributed by atoms with Crippen molar-refractivity contribution in [1.29, 1.82) is 0 Å². The molecular weight excluding hydrogens is 193 g/mol. The first-order chi connectivity index (χ1) is 7.29. The highest BCUT2D eigenvalue weighted by Crippen LogP contribution is 2.23. The van der Waals surface area contributed by atoms with Gasteiger partial charge in [0.2, 0.25) is 0 Å². The van der Waals surface area contributed by atoms with Gasteiger partial charge in [-0.15, -0.1) is 12.3 Å². The van der Waals surface area contributed by atoms with E-state index in [1.54, 1.807) is 25.2 Å². The fourth-order valence-corrected chi connectivity index (χ4v) is 1.17. The second-order valence-electron chi connectivity index (χ2n) is 3.02. The van der Waals surface area contributed by atoms with Gasteiger partial charge in [0.1, 0.15) is 0 Å². The molecule has 0 aliphatic heterocycles. The summed E-state index contributed by atoms with van der Waals surface area (Å²) in [5.74, 6) is 2.41. The molecule has 0 saturated carbocycles. The number of halogens is 1. The van der Waals surface area contributed by atoms with Gasteiger partial charge >= 0.3 is 0 Å². The second kappa shape index (κ2) is 5.92. The molecule has 0 unspecified atom stereocenters. The fraction of sp³-hybridized carbons (Fsp3) is 0.333. The van der Waals surface area contributed by atoms with Crippen molar-refractivity contribution < 1.29 is 9.13 Å². The maximum atomic E-state index is 13.6. The highest BCUT2D eigenvalue weighted by atomic mass is 19.1. The Morgan fingerprint density at radius 2 is 2.33 bits per heavy atom. The van der Waals surface area contributed by atoms with E-state index in [4.69, 9.17) is 11.2 Å². The van der Waals surface area contributed by atoms with E-state index in [0.717, 1.165) is 6.42 Å². The van der Waals surface area contributed by atoms with Gasteiger partial charge in [-0.1, -0.05) is 6.07 Å². The van der Waals surface area contributed by atoms with Crippen molar-refractivity contribution in [3.05, 3.63) is 24.0 Å². The molecule has 0 atom stereocenters. The van der Waals surface area contributed by atoms with E-state index < -0.39 is 0 Å². The highest BCUT2D eigenvalue weighted by Gasteiger charge is 2.06. The van der Waals surface area contributed by atoms with Crippen molar-refractivity contribution in [1.82, 2.24) is 0 Å². The highest BCUT2D eigenvalue weighted by molar-refractivity contribution is 5.49. The number of terminal acetylenes is 1. The summed E-state index contributed by atoms with van der Waals surface area (Å²) in [7, 11) is 1.67. The Kier molecular flexibility index (Phi) is 4.49. The lowest BCUT2D eigenvalue weighted by Crippen LogP contribution is -2.01. The molecule has 80 valence electrons. The molecule has 0 saturated heterocycles. The first kappa shape index (κ1) is 11.4. The van der Waals surface area contributed by atoms with Gasteiger partial charge in [-0.2, -0.15) is 0 Å². The van der Waals surface area contributed by atoms with Gasteiger partial charge < -0.3 is 10.1 Å². The fourth-order valence-electron chi connectivity index (χ4n) is 1.17. The van der Waals surface area contributed by atoms with Gasteiger partial charge in [0, 0.05) is 13.5 Å². The summed E-state index contributed by atoms with van der Waals surface area (Å²) >= 11 is 0. The van der Waals surface area contributed by atoms with E-state index in [0.29, 0.717) is 18.7 Å². The Balaban J connectivity index is 2.58. The molecule has 0 spiro atoms. The number of benzene rings is 1. The standard InChI is InChI=1S/C12H14FNO/c1-3-4-5-9-15-11-8-6-7-10(14-2)12(11)13/h1,6-8,14H,4-5,9H2,2H3. The monoisotopic (exact) mass is 207 g/mol. The van der Waals surface area contributed by atoms with E-state index in [-0.39, 0.29) is 11.6 Å². The van der Waals surface area contributed by atoms with Crippen molar-refractivity contribution in [2.75, 3.05) is 19.0 Å². The Bertz CT molecular complexity index is 357. The van der Waals surface area contributed by atoms with Crippen molar-refractivity contribution >= 4 is 5.69 Å². The molecule has 1 N–H and O–H groups in total. The van der Waals surface area contributed by atoms with Crippen LogP contribution in [-0.2, 0) is 0 Å². The van der Waals surface area contributed by atoms with Crippen LogP contribution in [0.15, 0.2) is 18.2 Å². The number of rotatable bonds is 5. The quantitative estimate of drug-likeness (QED) is 0.592. The van der Waals surface area contributed by atoms with E-state index in [1.165, 1.54) is 0 Å². The number of hydrogen-bond acceptors (Lipinski definition) is 2. The predicted octanol–water partition coefficient (Wildman–Crippen LogP) is 2.66. The van der Waals surface area contributed by atoms with E-state index in [1.807, 2.05) is 0 Å². The van der Waals surface area contributed by atoms with Crippen LogP contribution < -0.4 is 10.1 Å². The number of hydrogen-bond donors (Lipinski definition) is 1. The molecule has 0 amide bonds. The molecule has 0 radical (unpaired) electrons. The molecule has 1 aromatic rings. The minimum atomic E-state index is -0.360.